The first-order valence-electron chi connectivity index (χ1n) is 14.4. The van der Waals surface area contributed by atoms with Gasteiger partial charge in [0.25, 0.3) is 14.1 Å². The van der Waals surface area contributed by atoms with Gasteiger partial charge >= 0.3 is 5.69 Å². The summed E-state index contributed by atoms with van der Waals surface area (Å²) in [5, 5.41) is 2.84. The number of benzene rings is 2. The van der Waals surface area contributed by atoms with Crippen LogP contribution < -0.4 is 21.6 Å². The number of hydrogen-bond donors (Lipinski definition) is 1. The fourth-order valence-corrected chi connectivity index (χ4v) is 12.5. The van der Waals surface area contributed by atoms with Crippen molar-refractivity contribution in [2.24, 2.45) is 0 Å². The van der Waals surface area contributed by atoms with Crippen molar-refractivity contribution >= 4 is 27.0 Å². The van der Waals surface area contributed by atoms with E-state index < -0.39 is 28.5 Å². The molecular weight excluding hydrogens is 541 g/mol. The molecule has 0 saturated carbocycles. The maximum absolute atomic E-state index is 12.5. The summed E-state index contributed by atoms with van der Waals surface area (Å²) < 4.78 is 23.9. The summed E-state index contributed by atoms with van der Waals surface area (Å²) in [6.45, 7) is 7.22. The van der Waals surface area contributed by atoms with Gasteiger partial charge in [-0.15, -0.1) is 0 Å². The second kappa shape index (κ2) is 11.5. The smallest absolute Gasteiger partial charge is 0.330 e. The van der Waals surface area contributed by atoms with Crippen LogP contribution in [0.3, 0.4) is 0 Å². The summed E-state index contributed by atoms with van der Waals surface area (Å²) in [4.78, 5) is 26.8. The highest BCUT2D eigenvalue weighted by atomic mass is 31.2. The second-order valence-corrected chi connectivity index (χ2v) is 17.1. The van der Waals surface area contributed by atoms with Gasteiger partial charge in [0.2, 0.25) is 0 Å². The minimum absolute atomic E-state index is 0.105. The maximum atomic E-state index is 12.5. The topological polar surface area (TPSA) is 85.8 Å². The molecule has 3 saturated heterocycles. The Hall–Kier alpha value is -2.39. The third kappa shape index (κ3) is 5.19. The van der Waals surface area contributed by atoms with Gasteiger partial charge in [-0.3, -0.25) is 14.3 Å². The fourth-order valence-electron chi connectivity index (χ4n) is 6.54. The van der Waals surface area contributed by atoms with E-state index in [1.165, 1.54) is 14.9 Å². The molecule has 0 bridgehead atoms. The number of aryl methyl sites for hydroxylation is 1. The van der Waals surface area contributed by atoms with Crippen molar-refractivity contribution in [1.82, 2.24) is 14.2 Å². The lowest BCUT2D eigenvalue weighted by atomic mass is 10.1. The monoisotopic (exact) mass is 579 g/mol. The lowest BCUT2D eigenvalue weighted by Crippen LogP contribution is -2.58. The van der Waals surface area contributed by atoms with E-state index in [0.29, 0.717) is 18.0 Å². The normalized spacial score (nSPS) is 28.7. The fraction of sp³-hybridized carbons (Fsp3) is 0.467. The Morgan fingerprint density at radius 3 is 2.38 bits per heavy atom. The van der Waals surface area contributed by atoms with E-state index >= 15 is 0 Å². The zero-order valence-corrected chi connectivity index (χ0v) is 25.3. The minimum Gasteiger partial charge on any atom is -0.352 e. The third-order valence-electron chi connectivity index (χ3n) is 8.83. The van der Waals surface area contributed by atoms with Crippen LogP contribution in [0.4, 0.5) is 0 Å². The number of nitrogens with one attached hydrogen (secondary N) is 1. The molecule has 6 rings (SSSR count). The Labute approximate surface area is 237 Å². The number of aromatic amines is 1. The molecule has 0 aliphatic carbocycles. The Kier molecular flexibility index (Phi) is 7.96. The first-order valence-corrected chi connectivity index (χ1v) is 18.2. The molecule has 212 valence electrons. The first kappa shape index (κ1) is 27.8. The summed E-state index contributed by atoms with van der Waals surface area (Å²) in [6, 6.07) is 23.2. The Balaban J connectivity index is 1.22. The molecule has 2 aromatic carbocycles. The van der Waals surface area contributed by atoms with Crippen molar-refractivity contribution in [3.8, 4) is 0 Å². The number of hydrogen-bond acceptors (Lipinski definition) is 6. The Morgan fingerprint density at radius 1 is 1.05 bits per heavy atom. The van der Waals surface area contributed by atoms with Crippen molar-refractivity contribution in [1.29, 1.82) is 0 Å². The molecular formula is C30H38N3O5PSi. The van der Waals surface area contributed by atoms with Gasteiger partial charge in [-0.05, 0) is 32.2 Å². The number of nitrogens with zero attached hydrogens (tertiary/aromatic N) is 2. The molecule has 8 nitrogen and oxygen atoms in total. The number of fused-ring (bicyclic) bond motifs is 1. The van der Waals surface area contributed by atoms with Crippen molar-refractivity contribution < 1.29 is 13.8 Å². The quantitative estimate of drug-likeness (QED) is 0.322. The molecule has 1 N–H and O–H groups in total. The average Bonchev–Trinajstić information content (AvgIpc) is 3.69. The molecule has 3 aromatic rings. The highest BCUT2D eigenvalue weighted by Gasteiger charge is 2.51. The number of rotatable bonds is 8. The lowest BCUT2D eigenvalue weighted by Gasteiger charge is -2.32. The number of ether oxygens (including phenoxy) is 1. The molecule has 10 heteroatoms. The summed E-state index contributed by atoms with van der Waals surface area (Å²) in [6.07, 6.45) is 4.44. The van der Waals surface area contributed by atoms with Crippen LogP contribution in [0, 0.1) is 6.92 Å². The highest BCUT2D eigenvalue weighted by molar-refractivity contribution is 7.45. The van der Waals surface area contributed by atoms with Gasteiger partial charge in [-0.1, -0.05) is 84.5 Å². The molecule has 3 aliphatic rings. The average molecular weight is 580 g/mol. The second-order valence-electron chi connectivity index (χ2n) is 11.4. The predicted molar refractivity (Wildman–Crippen MR) is 160 cm³/mol. The van der Waals surface area contributed by atoms with E-state index in [1.54, 1.807) is 13.1 Å². The molecule has 3 aliphatic heterocycles. The molecule has 1 aromatic heterocycles. The minimum atomic E-state index is -2.08. The first-order chi connectivity index (χ1) is 19.4. The van der Waals surface area contributed by atoms with E-state index in [-0.39, 0.29) is 23.9 Å². The molecule has 1 unspecified atom stereocenters. The van der Waals surface area contributed by atoms with Crippen LogP contribution in [0.5, 0.6) is 0 Å². The number of aromatic nitrogens is 2. The zero-order valence-electron chi connectivity index (χ0n) is 23.4. The van der Waals surface area contributed by atoms with Crippen LogP contribution in [0.25, 0.3) is 0 Å². The maximum Gasteiger partial charge on any atom is 0.330 e. The molecule has 0 amide bonds. The van der Waals surface area contributed by atoms with Crippen LogP contribution in [0.2, 0.25) is 12.6 Å². The van der Waals surface area contributed by atoms with E-state index in [1.807, 2.05) is 0 Å². The Morgan fingerprint density at radius 2 is 1.73 bits per heavy atom. The van der Waals surface area contributed by atoms with Gasteiger partial charge in [-0.25, -0.2) is 9.46 Å². The zero-order chi connectivity index (χ0) is 27.9. The summed E-state index contributed by atoms with van der Waals surface area (Å²) in [7, 11) is -3.32. The predicted octanol–water partition coefficient (Wildman–Crippen LogP) is 3.91. The van der Waals surface area contributed by atoms with Crippen molar-refractivity contribution in [2.75, 3.05) is 6.54 Å². The van der Waals surface area contributed by atoms with Crippen LogP contribution in [-0.2, 0) is 13.8 Å². The SMILES string of the molecule is CC[C@H]1O[C@@H](n2cc(C)c(=O)[nH]c2=O)CC1O[P@]1O[C@@H](C[Si](C)(c2ccccc2)c2ccccc2)[C@H]2CCCN21. The van der Waals surface area contributed by atoms with Crippen molar-refractivity contribution in [3.05, 3.63) is 93.3 Å². The highest BCUT2D eigenvalue weighted by Crippen LogP contribution is 2.58. The standard InChI is InChI=1S/C30H38N3O5PSi/c1-4-25-26(18-28(36-25)32-19-21(2)29(34)31-30(32)35)37-39-33-17-11-16-24(33)27(38-39)20-40(3,22-12-7-5-8-13-22)23-14-9-6-10-15-23/h5-10,12-15,19,24-28H,4,11,16-18,20H2,1-3H3,(H,31,34,35)/t24-,25-,26?,27+,28-,39-/m1/s1. The Bertz CT molecular complexity index is 1400. The van der Waals surface area contributed by atoms with E-state index in [9.17, 15) is 9.59 Å². The van der Waals surface area contributed by atoms with Crippen LogP contribution in [0.15, 0.2) is 76.4 Å². The van der Waals surface area contributed by atoms with Crippen molar-refractivity contribution in [3.63, 3.8) is 0 Å². The van der Waals surface area contributed by atoms with E-state index in [0.717, 1.165) is 31.9 Å². The van der Waals surface area contributed by atoms with Gasteiger partial charge < -0.3 is 13.8 Å². The van der Waals surface area contributed by atoms with Gasteiger partial charge in [0.15, 0.2) is 0 Å². The molecule has 6 atom stereocenters. The van der Waals surface area contributed by atoms with Gasteiger partial charge in [-0.2, -0.15) is 0 Å². The van der Waals surface area contributed by atoms with Gasteiger partial charge in [0.05, 0.1) is 18.3 Å². The summed E-state index contributed by atoms with van der Waals surface area (Å²) >= 11 is 0. The van der Waals surface area contributed by atoms with Gasteiger partial charge in [0, 0.05) is 30.8 Å². The lowest BCUT2D eigenvalue weighted by molar-refractivity contribution is -0.0189. The molecule has 3 fully saturated rings. The molecule has 0 spiro atoms. The number of H-pyrrole nitrogens is 1. The molecule has 4 heterocycles. The largest absolute Gasteiger partial charge is 0.352 e. The van der Waals surface area contributed by atoms with Gasteiger partial charge in [0.1, 0.15) is 14.3 Å². The van der Waals surface area contributed by atoms with Crippen LogP contribution in [0.1, 0.15) is 44.4 Å². The van der Waals surface area contributed by atoms with E-state index in [2.05, 4.69) is 83.8 Å². The van der Waals surface area contributed by atoms with Crippen molar-refractivity contribution in [2.45, 2.75) is 82.7 Å². The summed E-state index contributed by atoms with van der Waals surface area (Å²) in [5.74, 6) is 0. The van der Waals surface area contributed by atoms with E-state index in [4.69, 9.17) is 13.8 Å². The summed E-state index contributed by atoms with van der Waals surface area (Å²) in [5.41, 5.74) is -0.338. The third-order valence-corrected chi connectivity index (χ3v) is 15.1. The van der Waals surface area contributed by atoms with Crippen LogP contribution in [-0.4, -0.2) is 53.2 Å². The molecule has 40 heavy (non-hydrogen) atoms. The molecule has 0 radical (unpaired) electrons. The van der Waals surface area contributed by atoms with Crippen LogP contribution >= 0.6 is 8.53 Å².